The molecule has 2 amide bonds. The maximum absolute atomic E-state index is 12.7. The van der Waals surface area contributed by atoms with Gasteiger partial charge in [-0.3, -0.25) is 9.59 Å². The van der Waals surface area contributed by atoms with Gasteiger partial charge in [0.15, 0.2) is 6.61 Å². The minimum absolute atomic E-state index is 0.102. The summed E-state index contributed by atoms with van der Waals surface area (Å²) in [5, 5.41) is 11.8. The van der Waals surface area contributed by atoms with E-state index in [-0.39, 0.29) is 18.4 Å². The molecular weight excluding hydrogens is 406 g/mol. The number of nitrogens with zero attached hydrogens (tertiary/aromatic N) is 2. The van der Waals surface area contributed by atoms with Crippen LogP contribution in [0, 0.1) is 11.3 Å². The van der Waals surface area contributed by atoms with Crippen LogP contribution in [0.2, 0.25) is 0 Å². The lowest BCUT2D eigenvalue weighted by Crippen LogP contribution is -2.27. The summed E-state index contributed by atoms with van der Waals surface area (Å²) in [5.74, 6) is 0.540. The van der Waals surface area contributed by atoms with Crippen molar-refractivity contribution < 1.29 is 19.1 Å². The van der Waals surface area contributed by atoms with E-state index in [1.165, 1.54) is 4.90 Å². The van der Waals surface area contributed by atoms with Gasteiger partial charge in [0.2, 0.25) is 0 Å². The minimum Gasteiger partial charge on any atom is -0.489 e. The van der Waals surface area contributed by atoms with Crippen LogP contribution >= 0.6 is 0 Å². The second kappa shape index (κ2) is 10.6. The molecule has 7 heteroatoms. The molecule has 0 heterocycles. The van der Waals surface area contributed by atoms with Crippen molar-refractivity contribution in [2.75, 3.05) is 26.0 Å². The van der Waals surface area contributed by atoms with Gasteiger partial charge in [0.1, 0.15) is 18.1 Å². The third kappa shape index (κ3) is 6.34. The fraction of sp³-hybridized carbons (Fsp3) is 0.160. The lowest BCUT2D eigenvalue weighted by Gasteiger charge is -2.12. The van der Waals surface area contributed by atoms with Crippen molar-refractivity contribution in [3.8, 4) is 17.6 Å². The van der Waals surface area contributed by atoms with Crippen LogP contribution in [0.25, 0.3) is 0 Å². The van der Waals surface area contributed by atoms with Crippen LogP contribution < -0.4 is 14.8 Å². The first-order valence-corrected chi connectivity index (χ1v) is 9.91. The number of carbonyl (C=O) groups excluding carboxylic acids is 2. The molecule has 0 saturated carbocycles. The first-order chi connectivity index (χ1) is 15.4. The molecule has 3 rings (SSSR count). The summed E-state index contributed by atoms with van der Waals surface area (Å²) in [4.78, 5) is 25.8. The highest BCUT2D eigenvalue weighted by molar-refractivity contribution is 6.04. The van der Waals surface area contributed by atoms with Crippen molar-refractivity contribution in [1.82, 2.24) is 4.90 Å². The van der Waals surface area contributed by atoms with Crippen molar-refractivity contribution in [3.05, 3.63) is 89.5 Å². The zero-order chi connectivity index (χ0) is 22.9. The van der Waals surface area contributed by atoms with Gasteiger partial charge < -0.3 is 19.7 Å². The highest BCUT2D eigenvalue weighted by atomic mass is 16.5. The predicted molar refractivity (Wildman–Crippen MR) is 121 cm³/mol. The van der Waals surface area contributed by atoms with E-state index in [9.17, 15) is 9.59 Å². The molecule has 0 atom stereocenters. The van der Waals surface area contributed by atoms with Gasteiger partial charge in [-0.2, -0.15) is 5.26 Å². The SMILES string of the molecule is CN(C)C(=O)COc1cccc(C(=O)Nc2cccc(OCc3cccc(C#N)c3)c2)c1. The van der Waals surface area contributed by atoms with Crippen LogP contribution in [0.5, 0.6) is 11.5 Å². The first kappa shape index (κ1) is 22.4. The van der Waals surface area contributed by atoms with Crippen LogP contribution in [0.1, 0.15) is 21.5 Å². The quantitative estimate of drug-likeness (QED) is 0.587. The zero-order valence-corrected chi connectivity index (χ0v) is 17.9. The number of hydrogen-bond acceptors (Lipinski definition) is 5. The number of hydrogen-bond donors (Lipinski definition) is 1. The van der Waals surface area contributed by atoms with Crippen LogP contribution in [0.15, 0.2) is 72.8 Å². The molecule has 0 saturated heterocycles. The molecule has 3 aromatic carbocycles. The number of amides is 2. The molecule has 0 aliphatic rings. The van der Waals surface area contributed by atoms with Gasteiger partial charge in [-0.15, -0.1) is 0 Å². The Hall–Kier alpha value is -4.31. The monoisotopic (exact) mass is 429 g/mol. The largest absolute Gasteiger partial charge is 0.489 e. The van der Waals surface area contributed by atoms with Crippen LogP contribution in [0.4, 0.5) is 5.69 Å². The van der Waals surface area contributed by atoms with E-state index in [1.807, 2.05) is 12.1 Å². The Morgan fingerprint density at radius 3 is 2.41 bits per heavy atom. The van der Waals surface area contributed by atoms with Gasteiger partial charge in [-0.1, -0.05) is 24.3 Å². The van der Waals surface area contributed by atoms with Crippen LogP contribution in [-0.4, -0.2) is 37.4 Å². The molecule has 162 valence electrons. The highest BCUT2D eigenvalue weighted by Crippen LogP contribution is 2.21. The maximum atomic E-state index is 12.7. The Bertz CT molecular complexity index is 1150. The molecule has 32 heavy (non-hydrogen) atoms. The van der Waals surface area contributed by atoms with Gasteiger partial charge in [0, 0.05) is 31.4 Å². The molecule has 0 unspecified atom stereocenters. The van der Waals surface area contributed by atoms with Gasteiger partial charge in [0.05, 0.1) is 11.6 Å². The number of nitriles is 1. The maximum Gasteiger partial charge on any atom is 0.259 e. The Morgan fingerprint density at radius 2 is 1.66 bits per heavy atom. The lowest BCUT2D eigenvalue weighted by atomic mass is 10.1. The second-order valence-electron chi connectivity index (χ2n) is 7.19. The van der Waals surface area contributed by atoms with Gasteiger partial charge >= 0.3 is 0 Å². The predicted octanol–water partition coefficient (Wildman–Crippen LogP) is 3.86. The van der Waals surface area contributed by atoms with Crippen molar-refractivity contribution in [1.29, 1.82) is 5.26 Å². The molecule has 0 aliphatic heterocycles. The van der Waals surface area contributed by atoms with E-state index in [0.717, 1.165) is 5.56 Å². The van der Waals surface area contributed by atoms with Gasteiger partial charge in [0.25, 0.3) is 11.8 Å². The number of anilines is 1. The number of carbonyl (C=O) groups is 2. The summed E-state index contributed by atoms with van der Waals surface area (Å²) in [7, 11) is 3.30. The van der Waals surface area contributed by atoms with E-state index in [1.54, 1.807) is 74.8 Å². The molecule has 0 radical (unpaired) electrons. The third-order valence-electron chi connectivity index (χ3n) is 4.51. The first-order valence-electron chi connectivity index (χ1n) is 9.91. The average Bonchev–Trinajstić information content (AvgIpc) is 2.81. The highest BCUT2D eigenvalue weighted by Gasteiger charge is 2.10. The van der Waals surface area contributed by atoms with Gasteiger partial charge in [-0.05, 0) is 48.0 Å². The summed E-state index contributed by atoms with van der Waals surface area (Å²) in [6.45, 7) is 0.201. The summed E-state index contributed by atoms with van der Waals surface area (Å²) >= 11 is 0. The van der Waals surface area contributed by atoms with Crippen molar-refractivity contribution in [2.45, 2.75) is 6.61 Å². The fourth-order valence-corrected chi connectivity index (χ4v) is 2.77. The fourth-order valence-electron chi connectivity index (χ4n) is 2.77. The van der Waals surface area contributed by atoms with Crippen molar-refractivity contribution >= 4 is 17.5 Å². The van der Waals surface area contributed by atoms with Gasteiger partial charge in [-0.25, -0.2) is 0 Å². The smallest absolute Gasteiger partial charge is 0.259 e. The Morgan fingerprint density at radius 1 is 0.938 bits per heavy atom. The molecule has 0 aliphatic carbocycles. The van der Waals surface area contributed by atoms with E-state index < -0.39 is 0 Å². The number of benzene rings is 3. The number of likely N-dealkylation sites (N-methyl/N-ethyl adjacent to an activating group) is 1. The Labute approximate surface area is 186 Å². The van der Waals surface area contributed by atoms with Crippen molar-refractivity contribution in [3.63, 3.8) is 0 Å². The van der Waals surface area contributed by atoms with Crippen LogP contribution in [0.3, 0.4) is 0 Å². The molecule has 7 nitrogen and oxygen atoms in total. The molecule has 0 fully saturated rings. The summed E-state index contributed by atoms with van der Waals surface area (Å²) < 4.78 is 11.3. The molecule has 0 spiro atoms. The van der Waals surface area contributed by atoms with E-state index in [4.69, 9.17) is 14.7 Å². The molecule has 0 aromatic heterocycles. The summed E-state index contributed by atoms with van der Waals surface area (Å²) in [5.41, 5.74) is 2.43. The second-order valence-corrected chi connectivity index (χ2v) is 7.19. The summed E-state index contributed by atoms with van der Waals surface area (Å²) in [6, 6.07) is 23.0. The zero-order valence-electron chi connectivity index (χ0n) is 17.9. The minimum atomic E-state index is -0.312. The molecule has 0 bridgehead atoms. The van der Waals surface area contributed by atoms with Crippen molar-refractivity contribution in [2.24, 2.45) is 0 Å². The van der Waals surface area contributed by atoms with E-state index in [0.29, 0.717) is 34.9 Å². The van der Waals surface area contributed by atoms with Crippen LogP contribution in [-0.2, 0) is 11.4 Å². The Kier molecular flexibility index (Phi) is 7.44. The molecule has 3 aromatic rings. The van der Waals surface area contributed by atoms with E-state index in [2.05, 4.69) is 11.4 Å². The number of ether oxygens (including phenoxy) is 2. The number of rotatable bonds is 8. The normalized spacial score (nSPS) is 10.0. The molecular formula is C25H23N3O4. The molecule has 1 N–H and O–H groups in total. The standard InChI is InChI=1S/C25H23N3O4/c1-28(2)24(29)17-32-22-10-4-8-20(13-22)25(30)27-21-9-5-11-23(14-21)31-16-19-7-3-6-18(12-19)15-26/h3-14H,16-17H2,1-2H3,(H,27,30). The van der Waals surface area contributed by atoms with E-state index >= 15 is 0 Å². The average molecular weight is 429 g/mol. The lowest BCUT2D eigenvalue weighted by molar-refractivity contribution is -0.130. The Balaban J connectivity index is 1.61. The number of nitrogens with one attached hydrogen (secondary N) is 1. The third-order valence-corrected chi connectivity index (χ3v) is 4.51. The topological polar surface area (TPSA) is 91.7 Å². The summed E-state index contributed by atoms with van der Waals surface area (Å²) in [6.07, 6.45) is 0.